The van der Waals surface area contributed by atoms with Crippen molar-refractivity contribution in [3.8, 4) is 0 Å². The summed E-state index contributed by atoms with van der Waals surface area (Å²) in [7, 11) is 5.85. The molecule has 0 unspecified atom stereocenters. The number of aromatic amines is 2. The maximum absolute atomic E-state index is 14.1. The Labute approximate surface area is 669 Å². The van der Waals surface area contributed by atoms with E-state index in [1.807, 2.05) is 86.8 Å². The van der Waals surface area contributed by atoms with Gasteiger partial charge < -0.3 is 5.73 Å². The molecule has 7 heterocycles. The number of rotatable bonds is 4. The molecule has 4 aliphatic rings. The summed E-state index contributed by atoms with van der Waals surface area (Å²) in [6, 6.07) is 29.6. The monoisotopic (exact) mass is 1530 g/mol. The standard InChI is InChI=1S/2C15H20N2.C14H17FN2.C14H19N3.2C13H18N2.C12H15FN2/c1-9-5-8-11-12(13(9)15(2,3)4)14(17-16-11)10-6-7-10;1-10-5-6-11-9-16-17(12-7-8-12)14(11)13(10)15(2,3)4;1-14(2,3)12-11(15)7-4-9-8-16-17(13(9)12)10-5-6-10;1-14(2,3)12-9(8-4-5-8)6-7-10-11(12)13(15)17-16-10;1-9-6-7-11-10(8-14-15(11)5)12(9)13(2,3)4;1-9-6-7-10-8-14-15(5)12(10)11(9)13(2,3)4;1-12(2,3)10-9(13)6-5-8-7-14-15(4)11(8)10/h5,8,10H,6-7H2,1-4H3,(H,16,17);5-6,9,12H,7-8H2,1-4H3;4,7-8,10H,5-6H2,1-3H3;6-8H,4-5H2,1-3H3,(H3,15,16,17);2*6-8H,1-5H3;5-7H,1-4H3. The molecule has 0 amide bonds. The summed E-state index contributed by atoms with van der Waals surface area (Å²) >= 11 is 0. The second-order valence-corrected chi connectivity index (χ2v) is 39.9. The molecule has 600 valence electrons. The Morgan fingerprint density at radius 1 is 0.354 bits per heavy atom. The Balaban J connectivity index is 0.000000122. The van der Waals surface area contributed by atoms with Gasteiger partial charge >= 0.3 is 0 Å². The number of nitrogens with two attached hydrogens (primary N) is 1. The molecule has 0 saturated heterocycles. The summed E-state index contributed by atoms with van der Waals surface area (Å²) in [5.74, 6) is 1.82. The first kappa shape index (κ1) is 82.9. The Hall–Kier alpha value is -9.51. The summed E-state index contributed by atoms with van der Waals surface area (Å²) in [6.07, 6.45) is 19.7. The summed E-state index contributed by atoms with van der Waals surface area (Å²) in [6.45, 7) is 55.0. The minimum atomic E-state index is -0.211. The summed E-state index contributed by atoms with van der Waals surface area (Å²) in [4.78, 5) is 0. The number of halogens is 2. The number of hydrogen-bond donors (Lipinski definition) is 3. The van der Waals surface area contributed by atoms with Crippen molar-refractivity contribution in [2.45, 2.75) is 286 Å². The lowest BCUT2D eigenvalue weighted by molar-refractivity contribution is 0.522. The van der Waals surface area contributed by atoms with Gasteiger partial charge in [-0.15, -0.1) is 0 Å². The van der Waals surface area contributed by atoms with Crippen LogP contribution in [0.15, 0.2) is 116 Å². The molecule has 0 bridgehead atoms. The number of fused-ring (bicyclic) bond motifs is 7. The van der Waals surface area contributed by atoms with E-state index in [0.29, 0.717) is 17.9 Å². The maximum Gasteiger partial charge on any atom is 0.153 e. The van der Waals surface area contributed by atoms with Gasteiger partial charge in [0.05, 0.1) is 81.7 Å². The van der Waals surface area contributed by atoms with E-state index in [0.717, 1.165) is 74.0 Å². The zero-order valence-electron chi connectivity index (χ0n) is 73.1. The molecule has 4 aliphatic carbocycles. The summed E-state index contributed by atoms with van der Waals surface area (Å²) in [5, 5.41) is 45.1. The fourth-order valence-corrected chi connectivity index (χ4v) is 17.4. The topological polar surface area (TPSA) is 172 Å². The van der Waals surface area contributed by atoms with Gasteiger partial charge in [-0.3, -0.25) is 33.6 Å². The van der Waals surface area contributed by atoms with Crippen LogP contribution < -0.4 is 5.73 Å². The fraction of sp³-hybridized carbons (Fsp3) is 0.490. The van der Waals surface area contributed by atoms with Gasteiger partial charge in [-0.05, 0) is 221 Å². The minimum Gasteiger partial charge on any atom is -0.382 e. The number of nitrogens with one attached hydrogen (secondary N) is 2. The van der Waals surface area contributed by atoms with E-state index in [-0.39, 0.29) is 49.5 Å². The van der Waals surface area contributed by atoms with Gasteiger partial charge in [-0.1, -0.05) is 188 Å². The third kappa shape index (κ3) is 17.6. The molecule has 7 aromatic heterocycles. The molecule has 0 spiro atoms. The van der Waals surface area contributed by atoms with E-state index in [9.17, 15) is 8.78 Å². The molecule has 0 atom stereocenters. The fourth-order valence-electron chi connectivity index (χ4n) is 17.4. The highest BCUT2D eigenvalue weighted by Gasteiger charge is 2.36. The SMILES string of the molecule is CC(C)(C)c1c(C2CC2)ccc2[nH]nc(N)c12.CC(C)(C)c1c(F)ccc2cnn(C3CC3)c12.Cc1ccc2c(cnn2C)c1C(C)(C)C.Cc1ccc2cnn(C)c2c1C(C)(C)C.Cc1ccc2cnn(C3CC3)c2c1C(C)(C)C.Cc1ccc2n[nH]c(C3CC3)c2c1C(C)(C)C.Cn1ncc2ccc(F)c(C(C)(C)C)c21. The minimum absolute atomic E-state index is 0.107. The van der Waals surface area contributed by atoms with Crippen LogP contribution in [0.3, 0.4) is 0 Å². The number of benzene rings is 7. The van der Waals surface area contributed by atoms with Crippen LogP contribution in [-0.4, -0.2) is 69.3 Å². The predicted octanol–water partition coefficient (Wildman–Crippen LogP) is 24.5. The van der Waals surface area contributed by atoms with Crippen LogP contribution in [0.25, 0.3) is 76.3 Å². The molecule has 17 heteroatoms. The molecule has 0 aliphatic heterocycles. The van der Waals surface area contributed by atoms with E-state index in [1.165, 1.54) is 144 Å². The van der Waals surface area contributed by atoms with Crippen molar-refractivity contribution in [1.82, 2.24) is 69.3 Å². The van der Waals surface area contributed by atoms with E-state index in [2.05, 4.69) is 264 Å². The first-order chi connectivity index (χ1) is 52.7. The number of nitrogens with zero attached hydrogens (tertiary/aromatic N) is 12. The maximum atomic E-state index is 14.1. The molecule has 0 radical (unpaired) electrons. The molecular weight excluding hydrogens is 1400 g/mol. The molecular formula is C96H127F2N15. The number of aromatic nitrogens is 14. The molecule has 113 heavy (non-hydrogen) atoms. The zero-order valence-corrected chi connectivity index (χ0v) is 73.1. The lowest BCUT2D eigenvalue weighted by Gasteiger charge is -2.24. The molecule has 4 fully saturated rings. The Bertz CT molecular complexity index is 5440. The molecule has 18 rings (SSSR count). The second kappa shape index (κ2) is 30.7. The lowest BCUT2D eigenvalue weighted by atomic mass is 9.80. The first-order valence-electron chi connectivity index (χ1n) is 41.0. The molecule has 4 saturated carbocycles. The van der Waals surface area contributed by atoms with Gasteiger partial charge in [0.2, 0.25) is 0 Å². The van der Waals surface area contributed by atoms with Crippen LogP contribution >= 0.6 is 0 Å². The third-order valence-corrected chi connectivity index (χ3v) is 22.6. The number of anilines is 1. The van der Waals surface area contributed by atoms with Crippen molar-refractivity contribution in [3.05, 3.63) is 200 Å². The van der Waals surface area contributed by atoms with E-state index in [1.54, 1.807) is 23.0 Å². The molecule has 15 nitrogen and oxygen atoms in total. The van der Waals surface area contributed by atoms with Crippen molar-refractivity contribution in [2.75, 3.05) is 5.73 Å². The highest BCUT2D eigenvalue weighted by molar-refractivity contribution is 5.94. The van der Waals surface area contributed by atoms with Crippen molar-refractivity contribution < 1.29 is 8.78 Å². The van der Waals surface area contributed by atoms with Crippen LogP contribution in [0.2, 0.25) is 0 Å². The largest absolute Gasteiger partial charge is 0.382 e. The average Bonchev–Trinajstić information content (AvgIpc) is 1.60. The normalized spacial score (nSPS) is 15.0. The average molecular weight is 1530 g/mol. The quantitative estimate of drug-likeness (QED) is 0.156. The Morgan fingerprint density at radius 3 is 1.19 bits per heavy atom. The van der Waals surface area contributed by atoms with Crippen molar-refractivity contribution >= 4 is 82.1 Å². The van der Waals surface area contributed by atoms with Crippen LogP contribution in [-0.2, 0) is 59.0 Å². The molecule has 7 aromatic carbocycles. The number of nitrogen functional groups attached to an aromatic ring is 1. The lowest BCUT2D eigenvalue weighted by Crippen LogP contribution is -2.16. The summed E-state index contributed by atoms with van der Waals surface area (Å²) < 4.78 is 37.9. The third-order valence-electron chi connectivity index (χ3n) is 22.6. The van der Waals surface area contributed by atoms with Crippen LogP contribution in [0.4, 0.5) is 14.6 Å². The number of aryl methyl sites for hydroxylation is 7. The van der Waals surface area contributed by atoms with Crippen molar-refractivity contribution in [1.29, 1.82) is 0 Å². The van der Waals surface area contributed by atoms with E-state index in [4.69, 9.17) is 5.73 Å². The molecule has 4 N–H and O–H groups in total. The first-order valence-corrected chi connectivity index (χ1v) is 41.0. The number of H-pyrrole nitrogens is 2. The van der Waals surface area contributed by atoms with Crippen LogP contribution in [0.1, 0.15) is 293 Å². The predicted molar refractivity (Wildman–Crippen MR) is 468 cm³/mol. The van der Waals surface area contributed by atoms with Crippen molar-refractivity contribution in [3.63, 3.8) is 0 Å². The van der Waals surface area contributed by atoms with E-state index >= 15 is 0 Å². The van der Waals surface area contributed by atoms with E-state index < -0.39 is 0 Å². The van der Waals surface area contributed by atoms with Gasteiger partial charge in [0.1, 0.15) is 11.6 Å². The summed E-state index contributed by atoms with van der Waals surface area (Å²) in [5.41, 5.74) is 31.2. The van der Waals surface area contributed by atoms with Crippen LogP contribution in [0.5, 0.6) is 0 Å². The van der Waals surface area contributed by atoms with Gasteiger partial charge in [0.25, 0.3) is 0 Å². The zero-order chi connectivity index (χ0) is 82.5. The van der Waals surface area contributed by atoms with Crippen LogP contribution in [0, 0.1) is 39.3 Å². The smallest absolute Gasteiger partial charge is 0.153 e. The highest BCUT2D eigenvalue weighted by Crippen LogP contribution is 2.49. The van der Waals surface area contributed by atoms with Gasteiger partial charge in [-0.25, -0.2) is 8.78 Å². The second-order valence-electron chi connectivity index (χ2n) is 39.9. The Kier molecular flexibility index (Phi) is 22.5. The Morgan fingerprint density at radius 2 is 0.735 bits per heavy atom. The molecule has 14 aromatic rings. The van der Waals surface area contributed by atoms with Gasteiger partial charge in [0, 0.05) is 81.6 Å². The van der Waals surface area contributed by atoms with Gasteiger partial charge in [0.15, 0.2) is 5.82 Å². The highest BCUT2D eigenvalue weighted by atomic mass is 19.1. The van der Waals surface area contributed by atoms with Crippen molar-refractivity contribution in [2.24, 2.45) is 21.1 Å². The van der Waals surface area contributed by atoms with Gasteiger partial charge in [-0.2, -0.15) is 35.7 Å². The number of hydrogen-bond acceptors (Lipinski definition) is 8.